The second-order valence-electron chi connectivity index (χ2n) is 4.97. The molecule has 1 aliphatic heterocycles. The third-order valence-corrected chi connectivity index (χ3v) is 4.48. The molecule has 1 aliphatic carbocycles. The van der Waals surface area contributed by atoms with Crippen LogP contribution >= 0.6 is 11.3 Å². The van der Waals surface area contributed by atoms with Crippen LogP contribution in [-0.2, 0) is 11.2 Å². The smallest absolute Gasteiger partial charge is 0.242 e. The van der Waals surface area contributed by atoms with Gasteiger partial charge in [-0.15, -0.1) is 10.2 Å². The molecule has 0 atom stereocenters. The number of hydrogen-bond acceptors (Lipinski definition) is 5. The Morgan fingerprint density at radius 1 is 1.33 bits per heavy atom. The van der Waals surface area contributed by atoms with Crippen molar-refractivity contribution in [2.24, 2.45) is 0 Å². The zero-order valence-electron chi connectivity index (χ0n) is 10.6. The Morgan fingerprint density at radius 2 is 2.17 bits per heavy atom. The third-order valence-electron chi connectivity index (χ3n) is 3.44. The van der Waals surface area contributed by atoms with E-state index >= 15 is 0 Å². The lowest BCUT2D eigenvalue weighted by Gasteiger charge is -2.33. The molecule has 98 valence electrons. The Labute approximate surface area is 111 Å². The number of carbonyl (C=O) groups is 1. The van der Waals surface area contributed by atoms with Crippen molar-refractivity contribution in [2.45, 2.75) is 38.6 Å². The Kier molecular flexibility index (Phi) is 3.20. The van der Waals surface area contributed by atoms with Crippen molar-refractivity contribution in [2.75, 3.05) is 24.5 Å². The van der Waals surface area contributed by atoms with Gasteiger partial charge >= 0.3 is 0 Å². The van der Waals surface area contributed by atoms with E-state index in [1.54, 1.807) is 11.3 Å². The molecule has 0 aromatic carbocycles. The molecule has 6 heteroatoms. The number of carbonyl (C=O) groups excluding carboxylic acids is 1. The fourth-order valence-electron chi connectivity index (χ4n) is 2.31. The monoisotopic (exact) mass is 266 g/mol. The molecule has 0 spiro atoms. The van der Waals surface area contributed by atoms with Crippen molar-refractivity contribution in [3.63, 3.8) is 0 Å². The molecule has 5 nitrogen and oxygen atoms in total. The van der Waals surface area contributed by atoms with E-state index in [1.165, 1.54) is 12.8 Å². The molecule has 0 radical (unpaired) electrons. The van der Waals surface area contributed by atoms with Crippen LogP contribution in [0.15, 0.2) is 0 Å². The second kappa shape index (κ2) is 4.84. The van der Waals surface area contributed by atoms with Crippen LogP contribution in [0.1, 0.15) is 31.2 Å². The van der Waals surface area contributed by atoms with Crippen LogP contribution in [0.4, 0.5) is 5.13 Å². The predicted molar refractivity (Wildman–Crippen MR) is 70.9 cm³/mol. The maximum atomic E-state index is 12.0. The van der Waals surface area contributed by atoms with E-state index in [-0.39, 0.29) is 5.91 Å². The predicted octanol–water partition coefficient (Wildman–Crippen LogP) is 1.30. The number of nitrogens with zero attached hydrogens (tertiary/aromatic N) is 4. The van der Waals surface area contributed by atoms with Gasteiger partial charge in [0, 0.05) is 25.6 Å². The van der Waals surface area contributed by atoms with Crippen molar-refractivity contribution in [1.82, 2.24) is 15.1 Å². The zero-order valence-corrected chi connectivity index (χ0v) is 11.4. The molecule has 18 heavy (non-hydrogen) atoms. The van der Waals surface area contributed by atoms with Crippen molar-refractivity contribution < 1.29 is 4.79 Å². The van der Waals surface area contributed by atoms with Gasteiger partial charge in [-0.3, -0.25) is 4.79 Å². The summed E-state index contributed by atoms with van der Waals surface area (Å²) in [5.74, 6) is 0.246. The lowest BCUT2D eigenvalue weighted by Crippen LogP contribution is -2.51. The molecule has 1 aromatic rings. The highest BCUT2D eigenvalue weighted by Crippen LogP contribution is 2.29. The number of piperazine rings is 1. The van der Waals surface area contributed by atoms with Gasteiger partial charge in [-0.2, -0.15) is 0 Å². The topological polar surface area (TPSA) is 49.3 Å². The van der Waals surface area contributed by atoms with Crippen LogP contribution in [0.2, 0.25) is 0 Å². The van der Waals surface area contributed by atoms with Crippen molar-refractivity contribution in [3.8, 4) is 0 Å². The SMILES string of the molecule is CCCc1nnc(N2CCN(C3CC3)C(=O)C2)s1. The first-order valence-corrected chi connectivity index (χ1v) is 7.46. The van der Waals surface area contributed by atoms with Crippen molar-refractivity contribution in [3.05, 3.63) is 5.01 Å². The fraction of sp³-hybridized carbons (Fsp3) is 0.750. The molecule has 2 fully saturated rings. The van der Waals surface area contributed by atoms with Gasteiger partial charge in [0.2, 0.25) is 11.0 Å². The van der Waals surface area contributed by atoms with Gasteiger partial charge in [0.15, 0.2) is 0 Å². The Bertz CT molecular complexity index is 443. The van der Waals surface area contributed by atoms with E-state index in [4.69, 9.17) is 0 Å². The minimum absolute atomic E-state index is 0.246. The van der Waals surface area contributed by atoms with Crippen LogP contribution < -0.4 is 4.90 Å². The van der Waals surface area contributed by atoms with E-state index in [1.807, 2.05) is 4.90 Å². The van der Waals surface area contributed by atoms with Crippen LogP contribution in [-0.4, -0.2) is 46.7 Å². The van der Waals surface area contributed by atoms with Crippen LogP contribution in [0.5, 0.6) is 0 Å². The normalized spacial score (nSPS) is 20.6. The summed E-state index contributed by atoms with van der Waals surface area (Å²) in [6.45, 7) is 4.34. The molecule has 1 saturated heterocycles. The van der Waals surface area contributed by atoms with Crippen LogP contribution in [0.3, 0.4) is 0 Å². The molecule has 1 aromatic heterocycles. The first kappa shape index (κ1) is 11.9. The van der Waals surface area contributed by atoms with Gasteiger partial charge in [-0.05, 0) is 19.3 Å². The summed E-state index contributed by atoms with van der Waals surface area (Å²) < 4.78 is 0. The third kappa shape index (κ3) is 2.34. The summed E-state index contributed by atoms with van der Waals surface area (Å²) in [6.07, 6.45) is 4.44. The van der Waals surface area contributed by atoms with Crippen molar-refractivity contribution in [1.29, 1.82) is 0 Å². The van der Waals surface area contributed by atoms with E-state index in [9.17, 15) is 4.79 Å². The summed E-state index contributed by atoms with van der Waals surface area (Å²) in [4.78, 5) is 16.1. The zero-order chi connectivity index (χ0) is 12.5. The Hall–Kier alpha value is -1.17. The van der Waals surface area contributed by atoms with Gasteiger partial charge in [0.05, 0.1) is 6.54 Å². The minimum atomic E-state index is 0.246. The van der Waals surface area contributed by atoms with Crippen LogP contribution in [0.25, 0.3) is 0 Å². The average Bonchev–Trinajstić information content (AvgIpc) is 3.09. The van der Waals surface area contributed by atoms with Gasteiger partial charge in [0.25, 0.3) is 0 Å². The summed E-state index contributed by atoms with van der Waals surface area (Å²) in [5, 5.41) is 10.4. The molecular weight excluding hydrogens is 248 g/mol. The summed E-state index contributed by atoms with van der Waals surface area (Å²) >= 11 is 1.62. The maximum absolute atomic E-state index is 12.0. The number of hydrogen-bond donors (Lipinski definition) is 0. The second-order valence-corrected chi connectivity index (χ2v) is 6.01. The van der Waals surface area contributed by atoms with E-state index in [2.05, 4.69) is 22.0 Å². The number of aryl methyl sites for hydroxylation is 1. The molecule has 0 N–H and O–H groups in total. The lowest BCUT2D eigenvalue weighted by molar-refractivity contribution is -0.131. The minimum Gasteiger partial charge on any atom is -0.336 e. The average molecular weight is 266 g/mol. The fourth-order valence-corrected chi connectivity index (χ4v) is 3.27. The largest absolute Gasteiger partial charge is 0.336 e. The molecular formula is C12H18N4OS. The van der Waals surface area contributed by atoms with E-state index < -0.39 is 0 Å². The summed E-state index contributed by atoms with van der Waals surface area (Å²) in [6, 6.07) is 0.532. The molecule has 0 bridgehead atoms. The quantitative estimate of drug-likeness (QED) is 0.824. The van der Waals surface area contributed by atoms with Crippen molar-refractivity contribution >= 4 is 22.4 Å². The number of rotatable bonds is 4. The summed E-state index contributed by atoms with van der Waals surface area (Å²) in [5.41, 5.74) is 0. The molecule has 1 amide bonds. The first-order chi connectivity index (χ1) is 8.78. The summed E-state index contributed by atoms with van der Waals surface area (Å²) in [7, 11) is 0. The number of anilines is 1. The van der Waals surface area contributed by atoms with Gasteiger partial charge in [-0.25, -0.2) is 0 Å². The Morgan fingerprint density at radius 3 is 2.83 bits per heavy atom. The van der Waals surface area contributed by atoms with Crippen LogP contribution in [0, 0.1) is 0 Å². The van der Waals surface area contributed by atoms with E-state index in [0.717, 1.165) is 36.1 Å². The molecule has 0 unspecified atom stereocenters. The van der Waals surface area contributed by atoms with Gasteiger partial charge < -0.3 is 9.80 Å². The first-order valence-electron chi connectivity index (χ1n) is 6.64. The van der Waals surface area contributed by atoms with Gasteiger partial charge in [-0.1, -0.05) is 18.3 Å². The Balaban J connectivity index is 1.64. The maximum Gasteiger partial charge on any atom is 0.242 e. The lowest BCUT2D eigenvalue weighted by atomic mass is 10.3. The molecule has 2 aliphatic rings. The molecule has 3 rings (SSSR count). The highest BCUT2D eigenvalue weighted by molar-refractivity contribution is 7.15. The standard InChI is InChI=1S/C12H18N4OS/c1-2-3-10-13-14-12(18-10)15-6-7-16(9-4-5-9)11(17)8-15/h9H,2-8H2,1H3. The number of aromatic nitrogens is 2. The van der Waals surface area contributed by atoms with Gasteiger partial charge in [0.1, 0.15) is 5.01 Å². The van der Waals surface area contributed by atoms with E-state index in [0.29, 0.717) is 12.6 Å². The molecule has 2 heterocycles. The highest BCUT2D eigenvalue weighted by atomic mass is 32.1. The molecule has 1 saturated carbocycles. The number of amides is 1. The highest BCUT2D eigenvalue weighted by Gasteiger charge is 2.36.